The molecule has 5 nitrogen and oxygen atoms in total. The van der Waals surface area contributed by atoms with Gasteiger partial charge in [0, 0.05) is 5.33 Å². The highest BCUT2D eigenvalue weighted by molar-refractivity contribution is 9.09. The second kappa shape index (κ2) is 9.73. The fourth-order valence-corrected chi connectivity index (χ4v) is 3.49. The molecule has 1 unspecified atom stereocenters. The van der Waals surface area contributed by atoms with Gasteiger partial charge in [-0.1, -0.05) is 76.6 Å². The average Bonchev–Trinajstić information content (AvgIpc) is 2.72. The Kier molecular flexibility index (Phi) is 7.08. The minimum atomic E-state index is -2.82. The standard InChI is InChI=1S/C21H20BrNO4S/c22-13-20(24)17-8-6-16(7-9-17)18-10-11-21(19(12-18)23-28(25)26)27-14-15-4-2-1-3-5-15/h1-12,20,24,28H,13-14H2,(H,23,25,26). The summed E-state index contributed by atoms with van der Waals surface area (Å²) in [6.45, 7) is 0.337. The van der Waals surface area contributed by atoms with Crippen LogP contribution in [0.3, 0.4) is 0 Å². The zero-order chi connectivity index (χ0) is 19.9. The van der Waals surface area contributed by atoms with Crippen LogP contribution in [-0.2, 0) is 17.5 Å². The van der Waals surface area contributed by atoms with Crippen molar-refractivity contribution in [3.63, 3.8) is 0 Å². The molecule has 0 heterocycles. The number of aliphatic hydroxyl groups is 1. The molecule has 0 aliphatic rings. The van der Waals surface area contributed by atoms with Crippen LogP contribution in [-0.4, -0.2) is 18.9 Å². The molecular formula is C21H20BrNO4S. The Morgan fingerprint density at radius 1 is 0.964 bits per heavy atom. The lowest BCUT2D eigenvalue weighted by atomic mass is 10.0. The van der Waals surface area contributed by atoms with Gasteiger partial charge in [0.25, 0.3) is 0 Å². The van der Waals surface area contributed by atoms with E-state index in [1.54, 1.807) is 12.1 Å². The van der Waals surface area contributed by atoms with E-state index in [1.807, 2.05) is 60.7 Å². The Labute approximate surface area is 174 Å². The molecule has 146 valence electrons. The lowest BCUT2D eigenvalue weighted by Crippen LogP contribution is -2.02. The summed E-state index contributed by atoms with van der Waals surface area (Å²) in [7, 11) is -2.82. The number of alkyl halides is 1. The Morgan fingerprint density at radius 2 is 1.64 bits per heavy atom. The third-order valence-electron chi connectivity index (χ3n) is 4.20. The zero-order valence-corrected chi connectivity index (χ0v) is 17.4. The Bertz CT molecular complexity index is 983. The van der Waals surface area contributed by atoms with Gasteiger partial charge >= 0.3 is 0 Å². The van der Waals surface area contributed by atoms with Crippen LogP contribution in [0.15, 0.2) is 72.8 Å². The molecule has 3 rings (SSSR count). The van der Waals surface area contributed by atoms with Gasteiger partial charge in [0.15, 0.2) is 0 Å². The minimum Gasteiger partial charge on any atom is -0.487 e. The highest BCUT2D eigenvalue weighted by Crippen LogP contribution is 2.32. The summed E-state index contributed by atoms with van der Waals surface area (Å²) in [5, 5.41) is 10.3. The first-order chi connectivity index (χ1) is 13.6. The van der Waals surface area contributed by atoms with Crippen molar-refractivity contribution in [1.82, 2.24) is 0 Å². The molecule has 3 aromatic rings. The molecule has 0 aromatic heterocycles. The number of halogens is 1. The SMILES string of the molecule is O=[SH](=O)Nc1cc(-c2ccc(C(O)CBr)cc2)ccc1OCc1ccccc1. The van der Waals surface area contributed by atoms with E-state index in [0.29, 0.717) is 23.4 Å². The molecule has 3 aromatic carbocycles. The predicted octanol–water partition coefficient (Wildman–Crippen LogP) is 4.30. The van der Waals surface area contributed by atoms with Crippen LogP contribution in [0.25, 0.3) is 11.1 Å². The van der Waals surface area contributed by atoms with Crippen molar-refractivity contribution in [3.8, 4) is 16.9 Å². The summed E-state index contributed by atoms with van der Waals surface area (Å²) in [4.78, 5) is 0. The van der Waals surface area contributed by atoms with Crippen LogP contribution < -0.4 is 9.46 Å². The van der Waals surface area contributed by atoms with Gasteiger partial charge in [-0.05, 0) is 34.4 Å². The van der Waals surface area contributed by atoms with E-state index in [4.69, 9.17) is 4.74 Å². The summed E-state index contributed by atoms with van der Waals surface area (Å²) >= 11 is 3.26. The second-order valence-electron chi connectivity index (χ2n) is 6.15. The molecule has 0 aliphatic carbocycles. The maximum Gasteiger partial charge on any atom is 0.222 e. The van der Waals surface area contributed by atoms with Gasteiger partial charge in [0.05, 0.1) is 11.8 Å². The van der Waals surface area contributed by atoms with Crippen molar-refractivity contribution in [1.29, 1.82) is 0 Å². The van der Waals surface area contributed by atoms with Crippen molar-refractivity contribution in [3.05, 3.63) is 83.9 Å². The highest BCUT2D eigenvalue weighted by Gasteiger charge is 2.10. The topological polar surface area (TPSA) is 75.6 Å². The number of aliphatic hydroxyl groups excluding tert-OH is 1. The monoisotopic (exact) mass is 461 g/mol. The third kappa shape index (κ3) is 5.34. The van der Waals surface area contributed by atoms with Crippen molar-refractivity contribution in [2.24, 2.45) is 0 Å². The summed E-state index contributed by atoms with van der Waals surface area (Å²) in [5.41, 5.74) is 3.93. The zero-order valence-electron chi connectivity index (χ0n) is 14.9. The summed E-state index contributed by atoms with van der Waals surface area (Å²) in [6, 6.07) is 22.5. The van der Waals surface area contributed by atoms with Gasteiger partial charge in [-0.2, -0.15) is 0 Å². The van der Waals surface area contributed by atoms with E-state index >= 15 is 0 Å². The van der Waals surface area contributed by atoms with Crippen LogP contribution in [0.4, 0.5) is 5.69 Å². The number of rotatable bonds is 8. The Hall–Kier alpha value is -2.35. The third-order valence-corrected chi connectivity index (χ3v) is 5.24. The van der Waals surface area contributed by atoms with Crippen LogP contribution >= 0.6 is 15.9 Å². The second-order valence-corrected chi connectivity index (χ2v) is 7.53. The largest absolute Gasteiger partial charge is 0.487 e. The van der Waals surface area contributed by atoms with Gasteiger partial charge < -0.3 is 9.84 Å². The number of ether oxygens (including phenoxy) is 1. The first-order valence-corrected chi connectivity index (χ1v) is 10.9. The fraction of sp³-hybridized carbons (Fsp3) is 0.143. The Morgan fingerprint density at radius 3 is 2.29 bits per heavy atom. The van der Waals surface area contributed by atoms with E-state index in [1.165, 1.54) is 0 Å². The molecule has 0 aliphatic heterocycles. The van der Waals surface area contributed by atoms with Gasteiger partial charge in [-0.15, -0.1) is 0 Å². The summed E-state index contributed by atoms with van der Waals surface area (Å²) in [6.07, 6.45) is -0.565. The van der Waals surface area contributed by atoms with Gasteiger partial charge in [-0.25, -0.2) is 8.42 Å². The van der Waals surface area contributed by atoms with E-state index in [-0.39, 0.29) is 0 Å². The van der Waals surface area contributed by atoms with Crippen molar-refractivity contribution in [2.45, 2.75) is 12.7 Å². The maximum atomic E-state index is 11.2. The molecule has 1 atom stereocenters. The normalized spacial score (nSPS) is 12.0. The van der Waals surface area contributed by atoms with Crippen LogP contribution in [0.1, 0.15) is 17.2 Å². The molecule has 2 N–H and O–H groups in total. The van der Waals surface area contributed by atoms with E-state index in [9.17, 15) is 13.5 Å². The molecule has 0 saturated carbocycles. The van der Waals surface area contributed by atoms with E-state index in [0.717, 1.165) is 22.3 Å². The van der Waals surface area contributed by atoms with Crippen LogP contribution in [0.2, 0.25) is 0 Å². The highest BCUT2D eigenvalue weighted by atomic mass is 79.9. The quantitative estimate of drug-likeness (QED) is 0.345. The average molecular weight is 462 g/mol. The van der Waals surface area contributed by atoms with Crippen LogP contribution in [0, 0.1) is 0 Å². The summed E-state index contributed by atoms with van der Waals surface area (Å²) < 4.78 is 30.7. The summed E-state index contributed by atoms with van der Waals surface area (Å²) in [5.74, 6) is 0.457. The van der Waals surface area contributed by atoms with Gasteiger partial charge in [-0.3, -0.25) is 4.72 Å². The predicted molar refractivity (Wildman–Crippen MR) is 115 cm³/mol. The smallest absolute Gasteiger partial charge is 0.222 e. The maximum absolute atomic E-state index is 11.2. The molecule has 0 saturated heterocycles. The van der Waals surface area contributed by atoms with Crippen LogP contribution in [0.5, 0.6) is 5.75 Å². The van der Waals surface area contributed by atoms with Gasteiger partial charge in [0.1, 0.15) is 12.4 Å². The molecule has 7 heteroatoms. The first kappa shape index (κ1) is 20.4. The number of nitrogens with one attached hydrogen (secondary N) is 1. The Balaban J connectivity index is 1.85. The molecule has 0 amide bonds. The number of hydrogen-bond acceptors (Lipinski definition) is 4. The molecule has 0 radical (unpaired) electrons. The number of thiol groups is 1. The molecule has 0 spiro atoms. The number of anilines is 1. The molecular weight excluding hydrogens is 442 g/mol. The minimum absolute atomic E-state index is 0.337. The number of benzene rings is 3. The van der Waals surface area contributed by atoms with E-state index in [2.05, 4.69) is 20.7 Å². The first-order valence-electron chi connectivity index (χ1n) is 8.63. The van der Waals surface area contributed by atoms with Crippen molar-refractivity contribution < 1.29 is 18.3 Å². The lowest BCUT2D eigenvalue weighted by Gasteiger charge is -2.13. The van der Waals surface area contributed by atoms with E-state index < -0.39 is 17.0 Å². The van der Waals surface area contributed by atoms with Crippen molar-refractivity contribution in [2.75, 3.05) is 10.1 Å². The van der Waals surface area contributed by atoms with Crippen molar-refractivity contribution >= 4 is 32.5 Å². The molecule has 0 fully saturated rings. The van der Waals surface area contributed by atoms with Gasteiger partial charge in [0.2, 0.25) is 10.9 Å². The molecule has 0 bridgehead atoms. The fourth-order valence-electron chi connectivity index (χ4n) is 2.74. The molecule has 28 heavy (non-hydrogen) atoms. The lowest BCUT2D eigenvalue weighted by molar-refractivity contribution is 0.205. The number of hydrogen-bond donors (Lipinski definition) is 3.